The molecule has 0 amide bonds. The Morgan fingerprint density at radius 2 is 1.20 bits per heavy atom. The number of hydrogen-bond donors (Lipinski definition) is 2. The number of nitrogens with one attached hydrogen (secondary N) is 2. The third-order valence-corrected chi connectivity index (χ3v) is 9.59. The van der Waals surface area contributed by atoms with E-state index in [1.165, 1.54) is 54.9 Å². The van der Waals surface area contributed by atoms with Crippen LogP contribution in [-0.2, 0) is 18.5 Å². The summed E-state index contributed by atoms with van der Waals surface area (Å²) in [7, 11) is 0. The van der Waals surface area contributed by atoms with E-state index in [1.54, 1.807) is 0 Å². The second kappa shape index (κ2) is 10.3. The minimum Gasteiger partial charge on any atom is -0.303 e. The number of nitrogens with zero attached hydrogens (tertiary/aromatic N) is 1. The van der Waals surface area contributed by atoms with Gasteiger partial charge >= 0.3 is 0 Å². The van der Waals surface area contributed by atoms with Crippen LogP contribution in [0.25, 0.3) is 43.8 Å². The lowest BCUT2D eigenvalue weighted by atomic mass is 9.80. The molecule has 1 unspecified atom stereocenters. The Bertz CT molecular complexity index is 2260. The lowest BCUT2D eigenvalue weighted by molar-refractivity contribution is 0.434. The van der Waals surface area contributed by atoms with Gasteiger partial charge in [-0.3, -0.25) is 0 Å². The van der Waals surface area contributed by atoms with Crippen LogP contribution in [0.15, 0.2) is 157 Å². The largest absolute Gasteiger partial charge is 0.303 e. The Labute approximate surface area is 262 Å². The Balaban J connectivity index is 1.14. The summed E-state index contributed by atoms with van der Waals surface area (Å²) in [6.45, 7) is 0. The van der Waals surface area contributed by atoms with E-state index in [0.29, 0.717) is 0 Å². The van der Waals surface area contributed by atoms with E-state index in [-0.39, 0.29) is 0 Å². The van der Waals surface area contributed by atoms with E-state index < -0.39 is 5.66 Å². The number of aryl methyl sites for hydroxylation is 2. The molecule has 3 heteroatoms. The fraction of sp³-hybridized carbons (Fsp3) is 0.0714. The zero-order valence-electron chi connectivity index (χ0n) is 24.8. The first kappa shape index (κ1) is 25.9. The third kappa shape index (κ3) is 4.20. The molecule has 1 atom stereocenters. The maximum absolute atomic E-state index is 5.43. The van der Waals surface area contributed by atoms with Gasteiger partial charge < -0.3 is 5.43 Å². The molecule has 0 radical (unpaired) electrons. The van der Waals surface area contributed by atoms with Crippen LogP contribution in [0, 0.1) is 0 Å². The monoisotopic (exact) mass is 577 g/mol. The van der Waals surface area contributed by atoms with Crippen molar-refractivity contribution in [2.24, 2.45) is 4.99 Å². The van der Waals surface area contributed by atoms with Crippen LogP contribution in [0.1, 0.15) is 27.8 Å². The predicted octanol–water partition coefficient (Wildman–Crippen LogP) is 9.18. The number of rotatable bonds is 4. The Hall–Kier alpha value is -5.51. The fourth-order valence-corrected chi connectivity index (χ4v) is 7.30. The van der Waals surface area contributed by atoms with Crippen molar-refractivity contribution in [3.63, 3.8) is 0 Å². The van der Waals surface area contributed by atoms with Gasteiger partial charge in [0, 0.05) is 16.7 Å². The SMILES string of the molecule is c1ccc(C2(c3ccc4c(c3)-c3ccc5ccccc5c3CC4)N=C(c3ccc(-c4cccc5ccccc45)cc3)NN2)cc1. The number of hydrogen-bond acceptors (Lipinski definition) is 3. The number of fused-ring (bicyclic) bond motifs is 6. The molecular formula is C42H31N3. The van der Waals surface area contributed by atoms with Crippen LogP contribution in [0.2, 0.25) is 0 Å². The molecule has 7 aromatic rings. The molecule has 3 nitrogen and oxygen atoms in total. The highest BCUT2D eigenvalue weighted by Gasteiger charge is 2.39. The van der Waals surface area contributed by atoms with Gasteiger partial charge in [-0.1, -0.05) is 146 Å². The molecule has 214 valence electrons. The Kier molecular flexibility index (Phi) is 5.93. The summed E-state index contributed by atoms with van der Waals surface area (Å²) in [6.07, 6.45) is 2.10. The van der Waals surface area contributed by atoms with Gasteiger partial charge in [-0.2, -0.15) is 0 Å². The lowest BCUT2D eigenvalue weighted by Gasteiger charge is -2.29. The Morgan fingerprint density at radius 3 is 2.04 bits per heavy atom. The van der Waals surface area contributed by atoms with Gasteiger partial charge in [-0.15, -0.1) is 0 Å². The van der Waals surface area contributed by atoms with Gasteiger partial charge in [0.2, 0.25) is 0 Å². The minimum absolute atomic E-state index is 0.769. The van der Waals surface area contributed by atoms with Crippen molar-refractivity contribution in [2.75, 3.05) is 0 Å². The van der Waals surface area contributed by atoms with Gasteiger partial charge in [-0.05, 0) is 73.8 Å². The molecule has 0 fully saturated rings. The van der Waals surface area contributed by atoms with Gasteiger partial charge in [0.05, 0.1) is 0 Å². The van der Waals surface area contributed by atoms with Gasteiger partial charge in [0.15, 0.2) is 5.66 Å². The van der Waals surface area contributed by atoms with Crippen LogP contribution in [0.4, 0.5) is 0 Å². The third-order valence-electron chi connectivity index (χ3n) is 9.59. The van der Waals surface area contributed by atoms with E-state index in [0.717, 1.165) is 35.4 Å². The van der Waals surface area contributed by atoms with Gasteiger partial charge in [-0.25, -0.2) is 10.4 Å². The second-order valence-electron chi connectivity index (χ2n) is 12.1. The number of hydrazine groups is 1. The standard InChI is InChI=1S/C42H31N3/c1-2-12-33(13-3-1)42(34-24-21-31-23-25-38-37-15-7-5-10-29(37)22-26-39(38)40(31)27-34)43-41(44-45-42)32-19-17-30(18-20-32)36-16-8-11-28-9-4-6-14-35(28)36/h1-22,24,26-27,45H,23,25H2,(H,43,44). The summed E-state index contributed by atoms with van der Waals surface area (Å²) in [6, 6.07) is 54.6. The molecule has 2 aliphatic rings. The first-order valence-electron chi connectivity index (χ1n) is 15.7. The molecule has 1 aliphatic heterocycles. The number of amidine groups is 1. The quantitative estimate of drug-likeness (QED) is 0.219. The highest BCUT2D eigenvalue weighted by atomic mass is 15.5. The molecule has 7 aromatic carbocycles. The molecule has 0 spiro atoms. The highest BCUT2D eigenvalue weighted by molar-refractivity contribution is 6.02. The van der Waals surface area contributed by atoms with Gasteiger partial charge in [0.1, 0.15) is 5.84 Å². The maximum Gasteiger partial charge on any atom is 0.180 e. The molecule has 45 heavy (non-hydrogen) atoms. The highest BCUT2D eigenvalue weighted by Crippen LogP contribution is 2.42. The van der Waals surface area contributed by atoms with E-state index in [4.69, 9.17) is 4.99 Å². The Morgan fingerprint density at radius 1 is 0.489 bits per heavy atom. The normalized spacial score (nSPS) is 17.0. The fourth-order valence-electron chi connectivity index (χ4n) is 7.30. The van der Waals surface area contributed by atoms with Crippen LogP contribution in [-0.4, -0.2) is 5.84 Å². The van der Waals surface area contributed by atoms with E-state index in [9.17, 15) is 0 Å². The van der Waals surface area contributed by atoms with Crippen molar-refractivity contribution in [1.82, 2.24) is 10.9 Å². The number of aliphatic imine (C=N–C) groups is 1. The van der Waals surface area contributed by atoms with Crippen LogP contribution >= 0.6 is 0 Å². The van der Waals surface area contributed by atoms with Gasteiger partial charge in [0.25, 0.3) is 0 Å². The molecule has 0 saturated heterocycles. The zero-order chi connectivity index (χ0) is 29.8. The van der Waals surface area contributed by atoms with Crippen molar-refractivity contribution in [1.29, 1.82) is 0 Å². The van der Waals surface area contributed by atoms with Crippen molar-refractivity contribution >= 4 is 27.4 Å². The maximum atomic E-state index is 5.43. The van der Waals surface area contributed by atoms with Crippen LogP contribution in [0.3, 0.4) is 0 Å². The predicted molar refractivity (Wildman–Crippen MR) is 186 cm³/mol. The lowest BCUT2D eigenvalue weighted by Crippen LogP contribution is -2.44. The molecular weight excluding hydrogens is 546 g/mol. The van der Waals surface area contributed by atoms with E-state index in [2.05, 4.69) is 163 Å². The minimum atomic E-state index is -0.769. The summed E-state index contributed by atoms with van der Waals surface area (Å²) in [5, 5.41) is 5.17. The summed E-state index contributed by atoms with van der Waals surface area (Å²) in [5.41, 5.74) is 17.5. The van der Waals surface area contributed by atoms with Crippen molar-refractivity contribution < 1.29 is 0 Å². The summed E-state index contributed by atoms with van der Waals surface area (Å²) >= 11 is 0. The summed E-state index contributed by atoms with van der Waals surface area (Å²) in [4.78, 5) is 5.43. The molecule has 0 aromatic heterocycles. The van der Waals surface area contributed by atoms with Crippen molar-refractivity contribution in [2.45, 2.75) is 18.5 Å². The molecule has 0 saturated carbocycles. The summed E-state index contributed by atoms with van der Waals surface area (Å²) in [5.74, 6) is 0.826. The second-order valence-corrected chi connectivity index (χ2v) is 12.1. The average Bonchev–Trinajstić information content (AvgIpc) is 3.58. The summed E-state index contributed by atoms with van der Waals surface area (Å²) < 4.78 is 0. The molecule has 1 heterocycles. The average molecular weight is 578 g/mol. The van der Waals surface area contributed by atoms with Crippen LogP contribution < -0.4 is 10.9 Å². The molecule has 9 rings (SSSR count). The van der Waals surface area contributed by atoms with Crippen molar-refractivity contribution in [3.05, 3.63) is 179 Å². The zero-order valence-corrected chi connectivity index (χ0v) is 24.8. The smallest absolute Gasteiger partial charge is 0.180 e. The van der Waals surface area contributed by atoms with E-state index in [1.807, 2.05) is 0 Å². The molecule has 2 N–H and O–H groups in total. The first-order valence-corrected chi connectivity index (χ1v) is 15.7. The molecule has 1 aliphatic carbocycles. The topological polar surface area (TPSA) is 36.4 Å². The van der Waals surface area contributed by atoms with Crippen molar-refractivity contribution in [3.8, 4) is 22.3 Å². The van der Waals surface area contributed by atoms with Crippen LogP contribution in [0.5, 0.6) is 0 Å². The first-order chi connectivity index (χ1) is 22.3. The van der Waals surface area contributed by atoms with E-state index >= 15 is 0 Å². The molecule has 0 bridgehead atoms. The number of benzene rings is 7.